The van der Waals surface area contributed by atoms with Gasteiger partial charge in [0.15, 0.2) is 0 Å². The predicted octanol–water partition coefficient (Wildman–Crippen LogP) is 2.81. The summed E-state index contributed by atoms with van der Waals surface area (Å²) in [6.07, 6.45) is 3.99. The molecule has 2 N–H and O–H groups in total. The molecule has 20 heavy (non-hydrogen) atoms. The van der Waals surface area contributed by atoms with Gasteiger partial charge in [-0.05, 0) is 30.7 Å². The van der Waals surface area contributed by atoms with Crippen LogP contribution in [0.3, 0.4) is 0 Å². The van der Waals surface area contributed by atoms with Gasteiger partial charge in [-0.1, -0.05) is 19.1 Å². The Morgan fingerprint density at radius 1 is 1.35 bits per heavy atom. The standard InChI is InChI=1S/C16H17N3O/c1-2-15(18)16(13-6-4-8-19-11-13)20-14-7-3-5-12(9-14)10-17/h3-9,11,15-16H,2,18H2,1H3. The van der Waals surface area contributed by atoms with E-state index < -0.39 is 0 Å². The smallest absolute Gasteiger partial charge is 0.140 e. The number of aromatic nitrogens is 1. The first-order valence-electron chi connectivity index (χ1n) is 6.57. The topological polar surface area (TPSA) is 71.9 Å². The number of nitriles is 1. The van der Waals surface area contributed by atoms with Crippen LogP contribution in [-0.2, 0) is 0 Å². The number of pyridine rings is 1. The molecule has 2 aromatic rings. The van der Waals surface area contributed by atoms with Crippen molar-refractivity contribution in [2.45, 2.75) is 25.5 Å². The number of hydrogen-bond acceptors (Lipinski definition) is 4. The summed E-state index contributed by atoms with van der Waals surface area (Å²) >= 11 is 0. The molecule has 4 nitrogen and oxygen atoms in total. The van der Waals surface area contributed by atoms with Crippen LogP contribution in [0.1, 0.15) is 30.6 Å². The van der Waals surface area contributed by atoms with E-state index in [9.17, 15) is 0 Å². The summed E-state index contributed by atoms with van der Waals surface area (Å²) in [5.41, 5.74) is 7.65. The van der Waals surface area contributed by atoms with Gasteiger partial charge in [-0.25, -0.2) is 0 Å². The van der Waals surface area contributed by atoms with Gasteiger partial charge in [0.05, 0.1) is 11.6 Å². The highest BCUT2D eigenvalue weighted by atomic mass is 16.5. The molecule has 1 heterocycles. The molecule has 0 radical (unpaired) electrons. The number of hydrogen-bond donors (Lipinski definition) is 1. The minimum atomic E-state index is -0.275. The van der Waals surface area contributed by atoms with E-state index >= 15 is 0 Å². The van der Waals surface area contributed by atoms with Gasteiger partial charge in [0.25, 0.3) is 0 Å². The molecular weight excluding hydrogens is 250 g/mol. The zero-order chi connectivity index (χ0) is 14.4. The van der Waals surface area contributed by atoms with E-state index in [0.717, 1.165) is 12.0 Å². The molecule has 0 saturated heterocycles. The fraction of sp³-hybridized carbons (Fsp3) is 0.250. The van der Waals surface area contributed by atoms with Gasteiger partial charge < -0.3 is 10.5 Å². The lowest BCUT2D eigenvalue weighted by molar-refractivity contribution is 0.170. The first-order chi connectivity index (χ1) is 9.74. The Morgan fingerprint density at radius 2 is 2.20 bits per heavy atom. The molecule has 4 heteroatoms. The van der Waals surface area contributed by atoms with Gasteiger partial charge >= 0.3 is 0 Å². The first-order valence-corrected chi connectivity index (χ1v) is 6.57. The van der Waals surface area contributed by atoms with Crippen LogP contribution in [0.2, 0.25) is 0 Å². The number of ether oxygens (including phenoxy) is 1. The largest absolute Gasteiger partial charge is 0.484 e. The maximum Gasteiger partial charge on any atom is 0.140 e. The molecular formula is C16H17N3O. The predicted molar refractivity (Wildman–Crippen MR) is 77.0 cm³/mol. The Morgan fingerprint density at radius 3 is 2.85 bits per heavy atom. The molecule has 1 aromatic carbocycles. The van der Waals surface area contributed by atoms with Crippen molar-refractivity contribution in [3.8, 4) is 11.8 Å². The number of rotatable bonds is 5. The van der Waals surface area contributed by atoms with Crippen molar-refractivity contribution in [1.82, 2.24) is 4.98 Å². The minimum Gasteiger partial charge on any atom is -0.484 e. The molecule has 102 valence electrons. The van der Waals surface area contributed by atoms with Crippen LogP contribution in [0.4, 0.5) is 0 Å². The fourth-order valence-corrected chi connectivity index (χ4v) is 1.95. The third-order valence-electron chi connectivity index (χ3n) is 3.10. The van der Waals surface area contributed by atoms with Crippen molar-refractivity contribution in [3.05, 3.63) is 59.9 Å². The molecule has 0 fully saturated rings. The highest BCUT2D eigenvalue weighted by molar-refractivity contribution is 5.36. The summed E-state index contributed by atoms with van der Waals surface area (Å²) in [6, 6.07) is 12.9. The molecule has 0 amide bonds. The van der Waals surface area contributed by atoms with Gasteiger partial charge in [0.2, 0.25) is 0 Å². The van der Waals surface area contributed by atoms with E-state index in [4.69, 9.17) is 15.7 Å². The van der Waals surface area contributed by atoms with Crippen molar-refractivity contribution in [3.63, 3.8) is 0 Å². The number of nitrogens with zero attached hydrogens (tertiary/aromatic N) is 2. The lowest BCUT2D eigenvalue weighted by Gasteiger charge is -2.24. The first kappa shape index (κ1) is 14.0. The van der Waals surface area contributed by atoms with E-state index in [2.05, 4.69) is 11.1 Å². The van der Waals surface area contributed by atoms with Crippen molar-refractivity contribution in [2.75, 3.05) is 0 Å². The molecule has 0 spiro atoms. The Labute approximate surface area is 118 Å². The average Bonchev–Trinajstić information content (AvgIpc) is 2.53. The van der Waals surface area contributed by atoms with Gasteiger partial charge in [0.1, 0.15) is 11.9 Å². The zero-order valence-corrected chi connectivity index (χ0v) is 11.4. The van der Waals surface area contributed by atoms with Crippen molar-refractivity contribution in [2.24, 2.45) is 5.73 Å². The minimum absolute atomic E-state index is 0.134. The van der Waals surface area contributed by atoms with Crippen LogP contribution in [0.25, 0.3) is 0 Å². The highest BCUT2D eigenvalue weighted by Crippen LogP contribution is 2.25. The molecule has 0 saturated carbocycles. The second-order valence-electron chi connectivity index (χ2n) is 4.54. The van der Waals surface area contributed by atoms with Crippen LogP contribution in [0.15, 0.2) is 48.8 Å². The van der Waals surface area contributed by atoms with Crippen LogP contribution >= 0.6 is 0 Å². The summed E-state index contributed by atoms with van der Waals surface area (Å²) in [4.78, 5) is 4.11. The monoisotopic (exact) mass is 267 g/mol. The quantitative estimate of drug-likeness (QED) is 0.904. The lowest BCUT2D eigenvalue weighted by atomic mass is 10.0. The van der Waals surface area contributed by atoms with Crippen LogP contribution in [0, 0.1) is 11.3 Å². The van der Waals surface area contributed by atoms with E-state index in [1.54, 1.807) is 30.6 Å². The van der Waals surface area contributed by atoms with Gasteiger partial charge in [-0.3, -0.25) is 4.98 Å². The van der Waals surface area contributed by atoms with E-state index in [-0.39, 0.29) is 12.1 Å². The van der Waals surface area contributed by atoms with Crippen molar-refractivity contribution >= 4 is 0 Å². The Kier molecular flexibility index (Phi) is 4.70. The van der Waals surface area contributed by atoms with Crippen LogP contribution in [0.5, 0.6) is 5.75 Å². The summed E-state index contributed by atoms with van der Waals surface area (Å²) in [6.45, 7) is 2.02. The van der Waals surface area contributed by atoms with Crippen LogP contribution < -0.4 is 10.5 Å². The lowest BCUT2D eigenvalue weighted by Crippen LogP contribution is -2.31. The molecule has 2 rings (SSSR count). The number of nitrogens with two attached hydrogens (primary N) is 1. The Balaban J connectivity index is 2.26. The molecule has 1 aromatic heterocycles. The van der Waals surface area contributed by atoms with Gasteiger partial charge in [-0.15, -0.1) is 0 Å². The van der Waals surface area contributed by atoms with Crippen molar-refractivity contribution in [1.29, 1.82) is 5.26 Å². The second-order valence-corrected chi connectivity index (χ2v) is 4.54. The zero-order valence-electron chi connectivity index (χ0n) is 11.4. The normalized spacial score (nSPS) is 13.2. The van der Waals surface area contributed by atoms with Gasteiger partial charge in [-0.2, -0.15) is 5.26 Å². The highest BCUT2D eigenvalue weighted by Gasteiger charge is 2.20. The SMILES string of the molecule is CCC(N)C(Oc1cccc(C#N)c1)c1cccnc1. The third-order valence-corrected chi connectivity index (χ3v) is 3.10. The molecule has 2 unspecified atom stereocenters. The molecule has 0 aliphatic carbocycles. The second kappa shape index (κ2) is 6.69. The van der Waals surface area contributed by atoms with E-state index in [1.807, 2.05) is 25.1 Å². The van der Waals surface area contributed by atoms with Crippen LogP contribution in [-0.4, -0.2) is 11.0 Å². The van der Waals surface area contributed by atoms with E-state index in [0.29, 0.717) is 11.3 Å². The fourth-order valence-electron chi connectivity index (χ4n) is 1.95. The Hall–Kier alpha value is -2.38. The summed E-state index contributed by atoms with van der Waals surface area (Å²) in [7, 11) is 0. The summed E-state index contributed by atoms with van der Waals surface area (Å²) in [5, 5.41) is 8.93. The molecule has 0 bridgehead atoms. The van der Waals surface area contributed by atoms with Gasteiger partial charge in [0, 0.05) is 24.0 Å². The van der Waals surface area contributed by atoms with E-state index in [1.165, 1.54) is 0 Å². The maximum atomic E-state index is 8.93. The summed E-state index contributed by atoms with van der Waals surface area (Å²) in [5.74, 6) is 0.641. The molecule has 0 aliphatic rings. The molecule has 0 aliphatic heterocycles. The third kappa shape index (κ3) is 3.34. The maximum absolute atomic E-state index is 8.93. The van der Waals surface area contributed by atoms with Crippen molar-refractivity contribution < 1.29 is 4.74 Å². The molecule has 2 atom stereocenters. The number of benzene rings is 1. The Bertz CT molecular complexity index is 592. The summed E-state index contributed by atoms with van der Waals surface area (Å²) < 4.78 is 5.98. The average molecular weight is 267 g/mol.